The second-order valence-electron chi connectivity index (χ2n) is 6.59. The highest BCUT2D eigenvalue weighted by Gasteiger charge is 2.38. The molecular weight excluding hydrogens is 262 g/mol. The smallest absolute Gasteiger partial charge is 0.221 e. The predicted octanol–water partition coefficient (Wildman–Crippen LogP) is 2.20. The van der Waals surface area contributed by atoms with Crippen LogP contribution in [0.15, 0.2) is 24.3 Å². The van der Waals surface area contributed by atoms with Gasteiger partial charge in [-0.3, -0.25) is 9.69 Å². The Hall–Kier alpha value is -1.39. The lowest BCUT2D eigenvalue weighted by Gasteiger charge is -2.29. The molecule has 4 nitrogen and oxygen atoms in total. The third kappa shape index (κ3) is 3.44. The number of hydrogen-bond donors (Lipinski definition) is 2. The summed E-state index contributed by atoms with van der Waals surface area (Å²) in [5, 5.41) is 2.80. The van der Waals surface area contributed by atoms with Crippen LogP contribution in [-0.4, -0.2) is 29.9 Å². The molecule has 0 bridgehead atoms. The maximum absolute atomic E-state index is 11.0. The van der Waals surface area contributed by atoms with Gasteiger partial charge in [0.05, 0.1) is 0 Å². The van der Waals surface area contributed by atoms with Crippen molar-refractivity contribution in [3.63, 3.8) is 0 Å². The standard InChI is InChI=1S/C17H25N3O/c1-12(21)19-15-7-5-13(6-8-15)9-20-10-14-3-2-4-17(18)16(14)11-20/h5-8,14,16-17H,2-4,9-11,18H2,1H3,(H,19,21). The van der Waals surface area contributed by atoms with Crippen molar-refractivity contribution in [2.75, 3.05) is 18.4 Å². The number of nitrogens with one attached hydrogen (secondary N) is 1. The number of nitrogens with two attached hydrogens (primary N) is 1. The largest absolute Gasteiger partial charge is 0.327 e. The lowest BCUT2D eigenvalue weighted by Crippen LogP contribution is -2.38. The molecule has 1 aliphatic carbocycles. The van der Waals surface area contributed by atoms with E-state index in [9.17, 15) is 4.79 Å². The number of carbonyl (C=O) groups is 1. The molecule has 3 N–H and O–H groups in total. The molecule has 3 rings (SSSR count). The van der Waals surface area contributed by atoms with Crippen LogP contribution in [0.5, 0.6) is 0 Å². The molecule has 21 heavy (non-hydrogen) atoms. The summed E-state index contributed by atoms with van der Waals surface area (Å²) in [4.78, 5) is 13.6. The maximum Gasteiger partial charge on any atom is 0.221 e. The summed E-state index contributed by atoms with van der Waals surface area (Å²) < 4.78 is 0. The van der Waals surface area contributed by atoms with Gasteiger partial charge < -0.3 is 11.1 Å². The normalized spacial score (nSPS) is 29.1. The summed E-state index contributed by atoms with van der Waals surface area (Å²) in [5.74, 6) is 1.46. The summed E-state index contributed by atoms with van der Waals surface area (Å²) in [6.45, 7) is 4.84. The van der Waals surface area contributed by atoms with E-state index in [2.05, 4.69) is 22.3 Å². The van der Waals surface area contributed by atoms with Crippen LogP contribution < -0.4 is 11.1 Å². The van der Waals surface area contributed by atoms with Crippen LogP contribution in [0.25, 0.3) is 0 Å². The van der Waals surface area contributed by atoms with Crippen LogP contribution in [0.4, 0.5) is 5.69 Å². The molecular formula is C17H25N3O. The molecule has 1 aromatic carbocycles. The second kappa shape index (κ2) is 6.16. The molecule has 2 aliphatic rings. The van der Waals surface area contributed by atoms with Gasteiger partial charge in [-0.1, -0.05) is 18.6 Å². The summed E-state index contributed by atoms with van der Waals surface area (Å²) in [5.41, 5.74) is 8.44. The quantitative estimate of drug-likeness (QED) is 0.896. The predicted molar refractivity (Wildman–Crippen MR) is 84.8 cm³/mol. The molecule has 3 atom stereocenters. The van der Waals surface area contributed by atoms with Gasteiger partial charge in [0.2, 0.25) is 5.91 Å². The Bertz CT molecular complexity index is 499. The van der Waals surface area contributed by atoms with Crippen molar-refractivity contribution in [3.8, 4) is 0 Å². The molecule has 3 unspecified atom stereocenters. The highest BCUT2D eigenvalue weighted by atomic mass is 16.1. The van der Waals surface area contributed by atoms with E-state index in [1.165, 1.54) is 38.3 Å². The zero-order valence-electron chi connectivity index (χ0n) is 12.7. The van der Waals surface area contributed by atoms with Gasteiger partial charge in [0, 0.05) is 38.3 Å². The first-order chi connectivity index (χ1) is 10.1. The minimum Gasteiger partial charge on any atom is -0.327 e. The van der Waals surface area contributed by atoms with E-state index in [0.29, 0.717) is 12.0 Å². The molecule has 1 heterocycles. The van der Waals surface area contributed by atoms with Crippen molar-refractivity contribution in [1.29, 1.82) is 0 Å². The van der Waals surface area contributed by atoms with Gasteiger partial charge >= 0.3 is 0 Å². The van der Waals surface area contributed by atoms with E-state index in [-0.39, 0.29) is 5.91 Å². The minimum atomic E-state index is -0.0274. The van der Waals surface area contributed by atoms with E-state index < -0.39 is 0 Å². The van der Waals surface area contributed by atoms with Crippen molar-refractivity contribution in [3.05, 3.63) is 29.8 Å². The van der Waals surface area contributed by atoms with Gasteiger partial charge in [0.25, 0.3) is 0 Å². The third-order valence-electron chi connectivity index (χ3n) is 4.91. The van der Waals surface area contributed by atoms with Gasteiger partial charge in [-0.05, 0) is 42.4 Å². The fourth-order valence-electron chi connectivity index (χ4n) is 3.89. The van der Waals surface area contributed by atoms with Crippen LogP contribution in [0, 0.1) is 11.8 Å². The lowest BCUT2D eigenvalue weighted by atomic mass is 9.78. The number of benzene rings is 1. The Morgan fingerprint density at radius 3 is 2.71 bits per heavy atom. The molecule has 1 amide bonds. The van der Waals surface area contributed by atoms with Crippen molar-refractivity contribution < 1.29 is 4.79 Å². The summed E-state index contributed by atoms with van der Waals surface area (Å²) in [6, 6.07) is 8.56. The monoisotopic (exact) mass is 287 g/mol. The first-order valence-electron chi connectivity index (χ1n) is 7.96. The number of amides is 1. The number of nitrogens with zero attached hydrogens (tertiary/aromatic N) is 1. The van der Waals surface area contributed by atoms with Crippen LogP contribution >= 0.6 is 0 Å². The Labute approximate surface area is 126 Å². The fourth-order valence-corrected chi connectivity index (χ4v) is 3.89. The van der Waals surface area contributed by atoms with Gasteiger partial charge in [-0.15, -0.1) is 0 Å². The Kier molecular flexibility index (Phi) is 4.27. The highest BCUT2D eigenvalue weighted by Crippen LogP contribution is 2.36. The molecule has 1 aromatic rings. The highest BCUT2D eigenvalue weighted by molar-refractivity contribution is 5.88. The first-order valence-corrected chi connectivity index (χ1v) is 7.96. The molecule has 114 valence electrons. The van der Waals surface area contributed by atoms with E-state index in [0.717, 1.165) is 24.7 Å². The Morgan fingerprint density at radius 2 is 2.05 bits per heavy atom. The summed E-state index contributed by atoms with van der Waals surface area (Å²) >= 11 is 0. The molecule has 0 spiro atoms. The van der Waals surface area contributed by atoms with Gasteiger partial charge in [0.15, 0.2) is 0 Å². The average molecular weight is 287 g/mol. The summed E-state index contributed by atoms with van der Waals surface area (Å²) in [6.07, 6.45) is 3.83. The van der Waals surface area contributed by atoms with Crippen molar-refractivity contribution in [2.45, 2.75) is 38.8 Å². The number of likely N-dealkylation sites (tertiary alicyclic amines) is 1. The SMILES string of the molecule is CC(=O)Nc1ccc(CN2CC3CCCC(N)C3C2)cc1. The van der Waals surface area contributed by atoms with Crippen molar-refractivity contribution >= 4 is 11.6 Å². The fraction of sp³-hybridized carbons (Fsp3) is 0.588. The first kappa shape index (κ1) is 14.5. The van der Waals surface area contributed by atoms with E-state index >= 15 is 0 Å². The minimum absolute atomic E-state index is 0.0274. The Balaban J connectivity index is 1.58. The molecule has 4 heteroatoms. The second-order valence-corrected chi connectivity index (χ2v) is 6.59. The third-order valence-corrected chi connectivity index (χ3v) is 4.91. The topological polar surface area (TPSA) is 58.4 Å². The van der Waals surface area contributed by atoms with Crippen LogP contribution in [0.2, 0.25) is 0 Å². The number of hydrogen-bond acceptors (Lipinski definition) is 3. The van der Waals surface area contributed by atoms with E-state index in [4.69, 9.17) is 5.73 Å². The molecule has 1 aliphatic heterocycles. The zero-order valence-corrected chi connectivity index (χ0v) is 12.7. The van der Waals surface area contributed by atoms with Gasteiger partial charge in [-0.2, -0.15) is 0 Å². The van der Waals surface area contributed by atoms with Crippen LogP contribution in [0.1, 0.15) is 31.7 Å². The number of rotatable bonds is 3. The molecule has 0 radical (unpaired) electrons. The van der Waals surface area contributed by atoms with Crippen molar-refractivity contribution in [1.82, 2.24) is 4.90 Å². The average Bonchev–Trinajstić information content (AvgIpc) is 2.84. The zero-order chi connectivity index (χ0) is 14.8. The van der Waals surface area contributed by atoms with Crippen LogP contribution in [0.3, 0.4) is 0 Å². The van der Waals surface area contributed by atoms with Crippen LogP contribution in [-0.2, 0) is 11.3 Å². The van der Waals surface area contributed by atoms with Gasteiger partial charge in [-0.25, -0.2) is 0 Å². The molecule has 1 saturated heterocycles. The Morgan fingerprint density at radius 1 is 1.29 bits per heavy atom. The van der Waals surface area contributed by atoms with E-state index in [1.807, 2.05) is 12.1 Å². The number of carbonyl (C=O) groups excluding carboxylic acids is 1. The molecule has 1 saturated carbocycles. The lowest BCUT2D eigenvalue weighted by molar-refractivity contribution is -0.114. The maximum atomic E-state index is 11.0. The number of fused-ring (bicyclic) bond motifs is 1. The van der Waals surface area contributed by atoms with Gasteiger partial charge in [0.1, 0.15) is 0 Å². The summed E-state index contributed by atoms with van der Waals surface area (Å²) in [7, 11) is 0. The molecule has 2 fully saturated rings. The van der Waals surface area contributed by atoms with E-state index in [1.54, 1.807) is 0 Å². The number of anilines is 1. The molecule has 0 aromatic heterocycles. The van der Waals surface area contributed by atoms with Crippen molar-refractivity contribution in [2.24, 2.45) is 17.6 Å².